The quantitative estimate of drug-likeness (QED) is 0.796. The SMILES string of the molecule is CC(=O)c1cccc(OCC(=O)NCC(=O)N2CCCC2)c1. The van der Waals surface area contributed by atoms with Crippen LogP contribution in [0.2, 0.25) is 0 Å². The highest BCUT2D eigenvalue weighted by molar-refractivity contribution is 5.94. The van der Waals surface area contributed by atoms with Gasteiger partial charge in [0.05, 0.1) is 6.54 Å². The third-order valence-corrected chi connectivity index (χ3v) is 3.51. The van der Waals surface area contributed by atoms with E-state index >= 15 is 0 Å². The van der Waals surface area contributed by atoms with E-state index in [2.05, 4.69) is 5.32 Å². The average molecular weight is 304 g/mol. The first-order valence-electron chi connectivity index (χ1n) is 7.34. The van der Waals surface area contributed by atoms with Gasteiger partial charge in [0.15, 0.2) is 12.4 Å². The molecular weight excluding hydrogens is 284 g/mol. The Hall–Kier alpha value is -2.37. The molecule has 0 atom stereocenters. The molecule has 0 bridgehead atoms. The normalized spacial score (nSPS) is 13.8. The van der Waals surface area contributed by atoms with Crippen LogP contribution in [0.1, 0.15) is 30.1 Å². The Morgan fingerprint density at radius 3 is 2.64 bits per heavy atom. The number of Topliss-reactive ketones (excluding diaryl/α,β-unsaturated/α-hetero) is 1. The zero-order valence-corrected chi connectivity index (χ0v) is 12.6. The molecule has 1 aromatic carbocycles. The maximum absolute atomic E-state index is 11.8. The highest BCUT2D eigenvalue weighted by Gasteiger charge is 2.18. The largest absolute Gasteiger partial charge is 0.484 e. The molecule has 1 aromatic rings. The van der Waals surface area contributed by atoms with Crippen LogP contribution in [0.4, 0.5) is 0 Å². The molecule has 0 spiro atoms. The van der Waals surface area contributed by atoms with Crippen molar-refractivity contribution in [2.24, 2.45) is 0 Å². The van der Waals surface area contributed by atoms with E-state index in [4.69, 9.17) is 4.74 Å². The van der Waals surface area contributed by atoms with Gasteiger partial charge in [0, 0.05) is 18.7 Å². The second-order valence-electron chi connectivity index (χ2n) is 5.24. The van der Waals surface area contributed by atoms with Crippen molar-refractivity contribution >= 4 is 17.6 Å². The number of hydrogen-bond donors (Lipinski definition) is 1. The number of hydrogen-bond acceptors (Lipinski definition) is 4. The van der Waals surface area contributed by atoms with Crippen molar-refractivity contribution in [1.29, 1.82) is 0 Å². The maximum Gasteiger partial charge on any atom is 0.258 e. The lowest BCUT2D eigenvalue weighted by molar-refractivity contribution is -0.132. The summed E-state index contributed by atoms with van der Waals surface area (Å²) < 4.78 is 5.33. The summed E-state index contributed by atoms with van der Waals surface area (Å²) in [6, 6.07) is 6.64. The second-order valence-corrected chi connectivity index (χ2v) is 5.24. The first-order valence-corrected chi connectivity index (χ1v) is 7.34. The molecule has 1 aliphatic rings. The number of rotatable bonds is 6. The molecular formula is C16H20N2O4. The predicted octanol–water partition coefficient (Wildman–Crippen LogP) is 1.01. The number of carbonyl (C=O) groups excluding carboxylic acids is 3. The molecule has 1 aliphatic heterocycles. The summed E-state index contributed by atoms with van der Waals surface area (Å²) in [6.07, 6.45) is 2.05. The summed E-state index contributed by atoms with van der Waals surface area (Å²) in [7, 11) is 0. The molecule has 2 rings (SSSR count). The fourth-order valence-electron chi connectivity index (χ4n) is 2.26. The van der Waals surface area contributed by atoms with E-state index in [9.17, 15) is 14.4 Å². The van der Waals surface area contributed by atoms with Gasteiger partial charge >= 0.3 is 0 Å². The van der Waals surface area contributed by atoms with Gasteiger partial charge in [-0.2, -0.15) is 0 Å². The Balaban J connectivity index is 1.74. The Labute approximate surface area is 129 Å². The van der Waals surface area contributed by atoms with E-state index in [-0.39, 0.29) is 30.7 Å². The minimum Gasteiger partial charge on any atom is -0.484 e. The van der Waals surface area contributed by atoms with Crippen molar-refractivity contribution in [3.8, 4) is 5.75 Å². The lowest BCUT2D eigenvalue weighted by Gasteiger charge is -2.15. The number of nitrogens with zero attached hydrogens (tertiary/aromatic N) is 1. The average Bonchev–Trinajstić information content (AvgIpc) is 3.05. The van der Waals surface area contributed by atoms with Crippen LogP contribution >= 0.6 is 0 Å². The number of ether oxygens (including phenoxy) is 1. The van der Waals surface area contributed by atoms with Crippen molar-refractivity contribution in [1.82, 2.24) is 10.2 Å². The van der Waals surface area contributed by atoms with Crippen molar-refractivity contribution in [3.63, 3.8) is 0 Å². The highest BCUT2D eigenvalue weighted by atomic mass is 16.5. The Morgan fingerprint density at radius 2 is 1.95 bits per heavy atom. The van der Waals surface area contributed by atoms with Gasteiger partial charge in [-0.25, -0.2) is 0 Å². The lowest BCUT2D eigenvalue weighted by atomic mass is 10.1. The molecule has 0 saturated carbocycles. The molecule has 22 heavy (non-hydrogen) atoms. The second kappa shape index (κ2) is 7.59. The standard InChI is InChI=1S/C16H20N2O4/c1-12(19)13-5-4-6-14(9-13)22-11-15(20)17-10-16(21)18-7-2-3-8-18/h4-6,9H,2-3,7-8,10-11H2,1H3,(H,17,20). The minimum absolute atomic E-state index is 0.00429. The van der Waals surface area contributed by atoms with E-state index < -0.39 is 0 Å². The number of benzene rings is 1. The number of carbonyl (C=O) groups is 3. The molecule has 1 fully saturated rings. The van der Waals surface area contributed by atoms with Gasteiger partial charge in [-0.05, 0) is 31.9 Å². The molecule has 1 N–H and O–H groups in total. The molecule has 118 valence electrons. The third kappa shape index (κ3) is 4.58. The van der Waals surface area contributed by atoms with Crippen LogP contribution < -0.4 is 10.1 Å². The topological polar surface area (TPSA) is 75.7 Å². The van der Waals surface area contributed by atoms with Gasteiger partial charge in [0.1, 0.15) is 5.75 Å². The number of ketones is 1. The molecule has 0 unspecified atom stereocenters. The van der Waals surface area contributed by atoms with Crippen LogP contribution in [0, 0.1) is 0 Å². The summed E-state index contributed by atoms with van der Waals surface area (Å²) in [6.45, 7) is 2.81. The van der Waals surface area contributed by atoms with Crippen molar-refractivity contribution in [2.45, 2.75) is 19.8 Å². The van der Waals surface area contributed by atoms with E-state index in [1.54, 1.807) is 29.2 Å². The van der Waals surface area contributed by atoms with E-state index in [0.29, 0.717) is 11.3 Å². The zero-order valence-electron chi connectivity index (χ0n) is 12.6. The maximum atomic E-state index is 11.8. The van der Waals surface area contributed by atoms with Crippen LogP contribution in [0.5, 0.6) is 5.75 Å². The van der Waals surface area contributed by atoms with Crippen LogP contribution in [0.15, 0.2) is 24.3 Å². The molecule has 0 aromatic heterocycles. The third-order valence-electron chi connectivity index (χ3n) is 3.51. The summed E-state index contributed by atoms with van der Waals surface area (Å²) in [5.74, 6) is -0.0370. The summed E-state index contributed by atoms with van der Waals surface area (Å²) in [4.78, 5) is 36.5. The molecule has 6 nitrogen and oxygen atoms in total. The van der Waals surface area contributed by atoms with Gasteiger partial charge in [-0.3, -0.25) is 14.4 Å². The van der Waals surface area contributed by atoms with Gasteiger partial charge in [-0.1, -0.05) is 12.1 Å². The summed E-state index contributed by atoms with van der Waals surface area (Å²) in [5, 5.41) is 2.54. The predicted molar refractivity (Wildman–Crippen MR) is 80.8 cm³/mol. The monoisotopic (exact) mass is 304 g/mol. The fraction of sp³-hybridized carbons (Fsp3) is 0.438. The van der Waals surface area contributed by atoms with Gasteiger partial charge in [0.2, 0.25) is 5.91 Å². The first-order chi connectivity index (χ1) is 10.6. The van der Waals surface area contributed by atoms with Crippen molar-refractivity contribution in [3.05, 3.63) is 29.8 Å². The highest BCUT2D eigenvalue weighted by Crippen LogP contribution is 2.13. The van der Waals surface area contributed by atoms with E-state index in [1.807, 2.05) is 0 Å². The van der Waals surface area contributed by atoms with Gasteiger partial charge in [0.25, 0.3) is 5.91 Å². The Bertz CT molecular complexity index is 565. The van der Waals surface area contributed by atoms with Gasteiger partial charge < -0.3 is 15.0 Å². The Morgan fingerprint density at radius 1 is 1.23 bits per heavy atom. The van der Waals surface area contributed by atoms with Gasteiger partial charge in [-0.15, -0.1) is 0 Å². The van der Waals surface area contributed by atoms with Crippen LogP contribution in [-0.4, -0.2) is 48.7 Å². The van der Waals surface area contributed by atoms with Crippen LogP contribution in [-0.2, 0) is 9.59 Å². The zero-order chi connectivity index (χ0) is 15.9. The summed E-state index contributed by atoms with van der Waals surface area (Å²) >= 11 is 0. The van der Waals surface area contributed by atoms with Crippen molar-refractivity contribution < 1.29 is 19.1 Å². The number of likely N-dealkylation sites (tertiary alicyclic amines) is 1. The fourth-order valence-corrected chi connectivity index (χ4v) is 2.26. The van der Waals surface area contributed by atoms with Crippen LogP contribution in [0.3, 0.4) is 0 Å². The van der Waals surface area contributed by atoms with E-state index in [1.165, 1.54) is 6.92 Å². The number of nitrogens with one attached hydrogen (secondary N) is 1. The Kier molecular flexibility index (Phi) is 5.52. The molecule has 6 heteroatoms. The van der Waals surface area contributed by atoms with E-state index in [0.717, 1.165) is 25.9 Å². The first kappa shape index (κ1) is 16.0. The molecule has 1 heterocycles. The summed E-state index contributed by atoms with van der Waals surface area (Å²) in [5.41, 5.74) is 0.530. The molecule has 2 amide bonds. The number of amides is 2. The van der Waals surface area contributed by atoms with Crippen molar-refractivity contribution in [2.75, 3.05) is 26.2 Å². The minimum atomic E-state index is -0.360. The lowest BCUT2D eigenvalue weighted by Crippen LogP contribution is -2.40. The van der Waals surface area contributed by atoms with Crippen LogP contribution in [0.25, 0.3) is 0 Å². The molecule has 0 aliphatic carbocycles. The molecule has 1 saturated heterocycles. The smallest absolute Gasteiger partial charge is 0.258 e. The molecule has 0 radical (unpaired) electrons.